The van der Waals surface area contributed by atoms with E-state index in [2.05, 4.69) is 25.6 Å². The second kappa shape index (κ2) is 5.14. The molecule has 0 saturated heterocycles. The van der Waals surface area contributed by atoms with Gasteiger partial charge in [0.1, 0.15) is 4.90 Å². The molecule has 6 heteroatoms. The normalized spacial score (nSPS) is 29.8. The predicted molar refractivity (Wildman–Crippen MR) is 76.1 cm³/mol. The van der Waals surface area contributed by atoms with E-state index in [4.69, 9.17) is 0 Å². The predicted octanol–water partition coefficient (Wildman–Crippen LogP) is 2.56. The third-order valence-electron chi connectivity index (χ3n) is 4.41. The minimum absolute atomic E-state index is 0.227. The second-order valence-electron chi connectivity index (χ2n) is 5.63. The molecule has 0 spiro atoms. The molecule has 1 aromatic heterocycles. The van der Waals surface area contributed by atoms with Crippen molar-refractivity contribution in [2.24, 2.45) is 17.8 Å². The van der Waals surface area contributed by atoms with Gasteiger partial charge in [0, 0.05) is 23.4 Å². The number of sulfonamides is 1. The number of halogens is 1. The maximum absolute atomic E-state index is 12.2. The third-order valence-corrected chi connectivity index (χ3v) is 6.23. The number of rotatable bonds is 4. The van der Waals surface area contributed by atoms with Gasteiger partial charge in [-0.1, -0.05) is 6.42 Å². The van der Waals surface area contributed by atoms with Crippen molar-refractivity contribution in [3.8, 4) is 0 Å². The van der Waals surface area contributed by atoms with Crippen LogP contribution in [-0.2, 0) is 10.0 Å². The van der Waals surface area contributed by atoms with Gasteiger partial charge in [-0.3, -0.25) is 4.98 Å². The van der Waals surface area contributed by atoms with Crippen LogP contribution in [0.5, 0.6) is 0 Å². The molecule has 2 saturated carbocycles. The Morgan fingerprint density at radius 2 is 2.16 bits per heavy atom. The summed E-state index contributed by atoms with van der Waals surface area (Å²) in [5, 5.41) is 0. The van der Waals surface area contributed by atoms with Crippen molar-refractivity contribution in [3.05, 3.63) is 22.9 Å². The summed E-state index contributed by atoms with van der Waals surface area (Å²) in [6, 6.07) is 1.58. The minimum atomic E-state index is -3.43. The summed E-state index contributed by atoms with van der Waals surface area (Å²) in [6.07, 6.45) is 8.05. The van der Waals surface area contributed by atoms with Gasteiger partial charge in [-0.25, -0.2) is 13.1 Å². The standard InChI is InChI=1S/C13H17BrN2O2S/c14-12-5-13(8-15-7-12)19(17,18)16-6-11-4-9-1-2-10(11)3-9/h5,7-11,16H,1-4,6H2. The van der Waals surface area contributed by atoms with E-state index in [-0.39, 0.29) is 4.90 Å². The molecule has 104 valence electrons. The van der Waals surface area contributed by atoms with E-state index in [1.165, 1.54) is 31.9 Å². The van der Waals surface area contributed by atoms with E-state index in [1.807, 2.05) is 0 Å². The van der Waals surface area contributed by atoms with Gasteiger partial charge >= 0.3 is 0 Å². The molecule has 2 fully saturated rings. The lowest BCUT2D eigenvalue weighted by molar-refractivity contribution is 0.333. The number of nitrogens with zero attached hydrogens (tertiary/aromatic N) is 1. The minimum Gasteiger partial charge on any atom is -0.262 e. The number of hydrogen-bond donors (Lipinski definition) is 1. The molecule has 0 amide bonds. The highest BCUT2D eigenvalue weighted by Crippen LogP contribution is 2.48. The molecule has 3 unspecified atom stereocenters. The maximum Gasteiger partial charge on any atom is 0.242 e. The van der Waals surface area contributed by atoms with Crippen LogP contribution in [0.25, 0.3) is 0 Å². The number of pyridine rings is 1. The lowest BCUT2D eigenvalue weighted by Gasteiger charge is -2.21. The highest BCUT2D eigenvalue weighted by Gasteiger charge is 2.39. The largest absolute Gasteiger partial charge is 0.262 e. The van der Waals surface area contributed by atoms with Crippen LogP contribution in [0.4, 0.5) is 0 Å². The molecular weight excluding hydrogens is 328 g/mol. The summed E-state index contributed by atoms with van der Waals surface area (Å²) in [5.74, 6) is 2.09. The Morgan fingerprint density at radius 1 is 1.32 bits per heavy atom. The van der Waals surface area contributed by atoms with Crippen molar-refractivity contribution in [2.75, 3.05) is 6.54 Å². The van der Waals surface area contributed by atoms with Crippen LogP contribution >= 0.6 is 15.9 Å². The van der Waals surface area contributed by atoms with Crippen LogP contribution in [0.2, 0.25) is 0 Å². The Balaban J connectivity index is 1.66. The van der Waals surface area contributed by atoms with Gasteiger partial charge in [0.15, 0.2) is 0 Å². The third kappa shape index (κ3) is 2.85. The number of hydrogen-bond acceptors (Lipinski definition) is 3. The van der Waals surface area contributed by atoms with Crippen molar-refractivity contribution in [3.63, 3.8) is 0 Å². The highest BCUT2D eigenvalue weighted by atomic mass is 79.9. The van der Waals surface area contributed by atoms with E-state index >= 15 is 0 Å². The average Bonchev–Trinajstić information content (AvgIpc) is 2.98. The van der Waals surface area contributed by atoms with Gasteiger partial charge in [0.2, 0.25) is 10.0 Å². The summed E-state index contributed by atoms with van der Waals surface area (Å²) in [4.78, 5) is 4.13. The molecule has 1 aromatic rings. The zero-order valence-electron chi connectivity index (χ0n) is 10.5. The van der Waals surface area contributed by atoms with Crippen LogP contribution in [0, 0.1) is 17.8 Å². The SMILES string of the molecule is O=S(=O)(NCC1CC2CCC1C2)c1cncc(Br)c1. The second-order valence-corrected chi connectivity index (χ2v) is 8.31. The first-order valence-corrected chi connectivity index (χ1v) is 8.92. The lowest BCUT2D eigenvalue weighted by atomic mass is 9.89. The molecule has 0 aliphatic heterocycles. The van der Waals surface area contributed by atoms with Gasteiger partial charge in [0.25, 0.3) is 0 Å². The molecule has 1 N–H and O–H groups in total. The van der Waals surface area contributed by atoms with Crippen LogP contribution in [0.1, 0.15) is 25.7 Å². The number of aromatic nitrogens is 1. The van der Waals surface area contributed by atoms with Gasteiger partial charge in [-0.2, -0.15) is 0 Å². The molecular formula is C13H17BrN2O2S. The van der Waals surface area contributed by atoms with Gasteiger partial charge in [-0.15, -0.1) is 0 Å². The maximum atomic E-state index is 12.2. The zero-order chi connectivity index (χ0) is 13.5. The Kier molecular flexibility index (Phi) is 3.66. The van der Waals surface area contributed by atoms with Crippen molar-refractivity contribution in [1.29, 1.82) is 0 Å². The molecule has 3 atom stereocenters. The van der Waals surface area contributed by atoms with E-state index in [0.29, 0.717) is 16.9 Å². The summed E-state index contributed by atoms with van der Waals surface area (Å²) in [5.41, 5.74) is 0. The molecule has 2 aliphatic carbocycles. The van der Waals surface area contributed by atoms with Crippen LogP contribution in [0.3, 0.4) is 0 Å². The Morgan fingerprint density at radius 3 is 2.79 bits per heavy atom. The fourth-order valence-corrected chi connectivity index (χ4v) is 5.06. The lowest BCUT2D eigenvalue weighted by Crippen LogP contribution is -2.31. The number of fused-ring (bicyclic) bond motifs is 2. The Hall–Kier alpha value is -0.460. The first-order chi connectivity index (χ1) is 9.04. The topological polar surface area (TPSA) is 59.1 Å². The molecule has 1 heterocycles. The van der Waals surface area contributed by atoms with Crippen LogP contribution < -0.4 is 4.72 Å². The van der Waals surface area contributed by atoms with Crippen LogP contribution in [0.15, 0.2) is 27.8 Å². The number of nitrogens with one attached hydrogen (secondary N) is 1. The fourth-order valence-electron chi connectivity index (χ4n) is 3.47. The van der Waals surface area contributed by atoms with Crippen molar-refractivity contribution >= 4 is 26.0 Å². The monoisotopic (exact) mass is 344 g/mol. The highest BCUT2D eigenvalue weighted by molar-refractivity contribution is 9.10. The summed E-state index contributed by atoms with van der Waals surface area (Å²) in [6.45, 7) is 0.565. The van der Waals surface area contributed by atoms with Crippen molar-refractivity contribution < 1.29 is 8.42 Å². The van der Waals surface area contributed by atoms with Gasteiger partial charge in [0.05, 0.1) is 0 Å². The van der Waals surface area contributed by atoms with Crippen molar-refractivity contribution in [2.45, 2.75) is 30.6 Å². The molecule has 2 bridgehead atoms. The van der Waals surface area contributed by atoms with Gasteiger partial charge in [-0.05, 0) is 59.0 Å². The summed E-state index contributed by atoms with van der Waals surface area (Å²) >= 11 is 3.24. The zero-order valence-corrected chi connectivity index (χ0v) is 13.0. The van der Waals surface area contributed by atoms with E-state index < -0.39 is 10.0 Å². The molecule has 4 nitrogen and oxygen atoms in total. The summed E-state index contributed by atoms with van der Waals surface area (Å²) in [7, 11) is -3.43. The molecule has 3 rings (SSSR count). The molecule has 2 aliphatic rings. The smallest absolute Gasteiger partial charge is 0.242 e. The summed E-state index contributed by atoms with van der Waals surface area (Å²) < 4.78 is 27.8. The molecule has 0 aromatic carbocycles. The molecule has 0 radical (unpaired) electrons. The van der Waals surface area contributed by atoms with Crippen LogP contribution in [-0.4, -0.2) is 19.9 Å². The van der Waals surface area contributed by atoms with Gasteiger partial charge < -0.3 is 0 Å². The Bertz CT molecular complexity index is 576. The van der Waals surface area contributed by atoms with E-state index in [0.717, 1.165) is 11.8 Å². The van der Waals surface area contributed by atoms with E-state index in [1.54, 1.807) is 12.3 Å². The van der Waals surface area contributed by atoms with Crippen molar-refractivity contribution in [1.82, 2.24) is 9.71 Å². The quantitative estimate of drug-likeness (QED) is 0.912. The first-order valence-electron chi connectivity index (χ1n) is 6.65. The first kappa shape index (κ1) is 13.5. The Labute approximate surface area is 122 Å². The fraction of sp³-hybridized carbons (Fsp3) is 0.615. The van der Waals surface area contributed by atoms with E-state index in [9.17, 15) is 8.42 Å². The average molecular weight is 345 g/mol. The molecule has 19 heavy (non-hydrogen) atoms.